The molecule has 0 aromatic rings. The third-order valence-corrected chi connectivity index (χ3v) is 6.09. The quantitative estimate of drug-likeness (QED) is 0.656. The zero-order valence-corrected chi connectivity index (χ0v) is 9.06. The average molecular weight is 189 g/mol. The summed E-state index contributed by atoms with van der Waals surface area (Å²) in [6.45, 7) is 4.04. The van der Waals surface area contributed by atoms with Gasteiger partial charge in [0.15, 0.2) is 0 Å². The molecule has 1 rings (SSSR count). The fourth-order valence-corrected chi connectivity index (χ4v) is 4.47. The monoisotopic (exact) mass is 189 g/mol. The number of hydrogen-bond donors (Lipinski definition) is 0. The second-order valence-electron chi connectivity index (χ2n) is 3.75. The molecule has 2 nitrogen and oxygen atoms in total. The van der Waals surface area contributed by atoms with Crippen molar-refractivity contribution in [2.75, 3.05) is 7.05 Å². The lowest BCUT2D eigenvalue weighted by molar-refractivity contribution is 0.652. The van der Waals surface area contributed by atoms with E-state index in [0.29, 0.717) is 5.25 Å². The van der Waals surface area contributed by atoms with Crippen LogP contribution in [-0.4, -0.2) is 21.8 Å². The van der Waals surface area contributed by atoms with Crippen LogP contribution in [0.3, 0.4) is 0 Å². The van der Waals surface area contributed by atoms with Crippen molar-refractivity contribution >= 4 is 9.73 Å². The van der Waals surface area contributed by atoms with Crippen molar-refractivity contribution in [3.63, 3.8) is 0 Å². The van der Waals surface area contributed by atoms with E-state index < -0.39 is 9.73 Å². The van der Waals surface area contributed by atoms with Gasteiger partial charge in [0.05, 0.1) is 9.73 Å². The maximum Gasteiger partial charge on any atom is 0.0517 e. The summed E-state index contributed by atoms with van der Waals surface area (Å²) in [5.74, 6) is 0. The van der Waals surface area contributed by atoms with Crippen LogP contribution in [0.15, 0.2) is 4.36 Å². The first-order valence-electron chi connectivity index (χ1n) is 4.74. The summed E-state index contributed by atoms with van der Waals surface area (Å²) in [5.41, 5.74) is 0. The van der Waals surface area contributed by atoms with Gasteiger partial charge in [0.1, 0.15) is 0 Å². The van der Waals surface area contributed by atoms with E-state index in [9.17, 15) is 4.21 Å². The largest absolute Gasteiger partial charge is 0.249 e. The molecule has 1 aliphatic rings. The van der Waals surface area contributed by atoms with E-state index in [4.69, 9.17) is 0 Å². The molecule has 0 saturated heterocycles. The zero-order valence-electron chi connectivity index (χ0n) is 8.25. The van der Waals surface area contributed by atoms with E-state index in [2.05, 4.69) is 4.36 Å². The van der Waals surface area contributed by atoms with Crippen LogP contribution in [0.2, 0.25) is 0 Å². The third-order valence-electron chi connectivity index (χ3n) is 2.74. The molecule has 1 atom stereocenters. The van der Waals surface area contributed by atoms with Gasteiger partial charge in [-0.05, 0) is 12.8 Å². The Morgan fingerprint density at radius 2 is 1.83 bits per heavy atom. The molecule has 0 radical (unpaired) electrons. The van der Waals surface area contributed by atoms with E-state index in [0.717, 1.165) is 12.8 Å². The fraction of sp³-hybridized carbons (Fsp3) is 1.00. The van der Waals surface area contributed by atoms with E-state index in [1.54, 1.807) is 7.05 Å². The van der Waals surface area contributed by atoms with Crippen molar-refractivity contribution < 1.29 is 4.21 Å². The van der Waals surface area contributed by atoms with Gasteiger partial charge < -0.3 is 0 Å². The molecule has 1 saturated carbocycles. The Morgan fingerprint density at radius 1 is 1.33 bits per heavy atom. The summed E-state index contributed by atoms with van der Waals surface area (Å²) < 4.78 is 16.4. The van der Waals surface area contributed by atoms with Crippen LogP contribution in [0.5, 0.6) is 0 Å². The minimum Gasteiger partial charge on any atom is -0.249 e. The molecule has 3 heteroatoms. The molecular formula is C9H19NOS. The van der Waals surface area contributed by atoms with Gasteiger partial charge in [-0.15, -0.1) is 0 Å². The standard InChI is InChI=1S/C9H19NOS/c1-8(2)12(11,10-3)9-6-4-5-7-9/h8-9H,4-7H2,1-3H3. The molecule has 0 amide bonds. The highest BCUT2D eigenvalue weighted by atomic mass is 32.2. The number of nitrogens with zero attached hydrogens (tertiary/aromatic N) is 1. The van der Waals surface area contributed by atoms with Gasteiger partial charge in [0.2, 0.25) is 0 Å². The van der Waals surface area contributed by atoms with Crippen molar-refractivity contribution in [1.82, 2.24) is 0 Å². The molecule has 1 unspecified atom stereocenters. The summed E-state index contributed by atoms with van der Waals surface area (Å²) in [6, 6.07) is 0. The second kappa shape index (κ2) is 3.77. The molecule has 0 spiro atoms. The predicted molar refractivity (Wildman–Crippen MR) is 53.9 cm³/mol. The van der Waals surface area contributed by atoms with Crippen molar-refractivity contribution in [3.8, 4) is 0 Å². The molecule has 0 aliphatic heterocycles. The average Bonchev–Trinajstić information content (AvgIpc) is 2.54. The van der Waals surface area contributed by atoms with E-state index >= 15 is 0 Å². The summed E-state index contributed by atoms with van der Waals surface area (Å²) in [5, 5.41) is 0.591. The summed E-state index contributed by atoms with van der Waals surface area (Å²) in [7, 11) is -0.188. The Hall–Kier alpha value is -0.0500. The first-order valence-corrected chi connectivity index (χ1v) is 6.38. The molecular weight excluding hydrogens is 170 g/mol. The molecule has 72 valence electrons. The Kier molecular flexibility index (Phi) is 3.16. The summed E-state index contributed by atoms with van der Waals surface area (Å²) >= 11 is 0. The fourth-order valence-electron chi connectivity index (χ4n) is 1.97. The highest BCUT2D eigenvalue weighted by molar-refractivity contribution is 7.94. The normalized spacial score (nSPS) is 24.3. The molecule has 1 aliphatic carbocycles. The van der Waals surface area contributed by atoms with Gasteiger partial charge in [-0.2, -0.15) is 0 Å². The Morgan fingerprint density at radius 3 is 2.17 bits per heavy atom. The summed E-state index contributed by atoms with van der Waals surface area (Å²) in [4.78, 5) is 0. The topological polar surface area (TPSA) is 29.4 Å². The lowest BCUT2D eigenvalue weighted by Gasteiger charge is -2.19. The van der Waals surface area contributed by atoms with Gasteiger partial charge in [0, 0.05) is 17.5 Å². The van der Waals surface area contributed by atoms with Gasteiger partial charge in [0.25, 0.3) is 0 Å². The molecule has 0 bridgehead atoms. The van der Waals surface area contributed by atoms with Gasteiger partial charge in [-0.1, -0.05) is 26.7 Å². The van der Waals surface area contributed by atoms with Gasteiger partial charge >= 0.3 is 0 Å². The van der Waals surface area contributed by atoms with Crippen molar-refractivity contribution in [2.45, 2.75) is 50.0 Å². The van der Waals surface area contributed by atoms with Crippen LogP contribution < -0.4 is 0 Å². The first kappa shape index (κ1) is 10.0. The predicted octanol–water partition coefficient (Wildman–Crippen LogP) is 2.44. The Labute approximate surface area is 75.9 Å². The van der Waals surface area contributed by atoms with Crippen LogP contribution in [0.25, 0.3) is 0 Å². The van der Waals surface area contributed by atoms with Gasteiger partial charge in [-0.3, -0.25) is 0 Å². The second-order valence-corrected chi connectivity index (χ2v) is 6.95. The first-order chi connectivity index (χ1) is 5.61. The van der Waals surface area contributed by atoms with Crippen LogP contribution in [-0.2, 0) is 9.73 Å². The maximum absolute atomic E-state index is 12.3. The molecule has 0 heterocycles. The smallest absolute Gasteiger partial charge is 0.0517 e. The highest BCUT2D eigenvalue weighted by Crippen LogP contribution is 2.28. The van der Waals surface area contributed by atoms with Crippen molar-refractivity contribution in [1.29, 1.82) is 0 Å². The third kappa shape index (κ3) is 1.65. The van der Waals surface area contributed by atoms with Crippen LogP contribution in [0.4, 0.5) is 0 Å². The number of hydrogen-bond acceptors (Lipinski definition) is 2. The van der Waals surface area contributed by atoms with E-state index in [1.165, 1.54) is 12.8 Å². The van der Waals surface area contributed by atoms with Crippen LogP contribution >= 0.6 is 0 Å². The van der Waals surface area contributed by atoms with Crippen LogP contribution in [0, 0.1) is 0 Å². The van der Waals surface area contributed by atoms with E-state index in [-0.39, 0.29) is 5.25 Å². The molecule has 0 N–H and O–H groups in total. The number of rotatable bonds is 2. The lowest BCUT2D eigenvalue weighted by atomic mass is 10.4. The lowest BCUT2D eigenvalue weighted by Crippen LogP contribution is -2.25. The minimum atomic E-state index is -1.90. The SMILES string of the molecule is CN=S(=O)(C(C)C)C1CCCC1. The van der Waals surface area contributed by atoms with Crippen molar-refractivity contribution in [2.24, 2.45) is 4.36 Å². The van der Waals surface area contributed by atoms with E-state index in [1.807, 2.05) is 13.8 Å². The minimum absolute atomic E-state index is 0.214. The highest BCUT2D eigenvalue weighted by Gasteiger charge is 2.28. The maximum atomic E-state index is 12.3. The zero-order chi connectivity index (χ0) is 9.19. The molecule has 0 aromatic carbocycles. The summed E-state index contributed by atoms with van der Waals surface area (Å²) in [6.07, 6.45) is 4.72. The molecule has 12 heavy (non-hydrogen) atoms. The molecule has 1 fully saturated rings. The van der Waals surface area contributed by atoms with Crippen molar-refractivity contribution in [3.05, 3.63) is 0 Å². The van der Waals surface area contributed by atoms with Crippen LogP contribution in [0.1, 0.15) is 39.5 Å². The van der Waals surface area contributed by atoms with Gasteiger partial charge in [-0.25, -0.2) is 8.57 Å². The Bertz CT molecular complexity index is 245. The Balaban J connectivity index is 2.88. The molecule has 0 aromatic heterocycles.